The van der Waals surface area contributed by atoms with Gasteiger partial charge in [-0.3, -0.25) is 9.69 Å². The highest BCUT2D eigenvalue weighted by molar-refractivity contribution is 5.95. The van der Waals surface area contributed by atoms with Crippen LogP contribution in [0.2, 0.25) is 0 Å². The summed E-state index contributed by atoms with van der Waals surface area (Å²) in [4.78, 5) is 17.2. The monoisotopic (exact) mass is 355 g/mol. The summed E-state index contributed by atoms with van der Waals surface area (Å²) < 4.78 is 10.5. The molecule has 134 valence electrons. The Morgan fingerprint density at radius 3 is 2.29 bits per heavy atom. The van der Waals surface area contributed by atoms with Crippen molar-refractivity contribution < 1.29 is 14.3 Å². The zero-order valence-electron chi connectivity index (χ0n) is 14.3. The van der Waals surface area contributed by atoms with Crippen LogP contribution in [-0.2, 0) is 0 Å². The number of benzene rings is 1. The molecule has 0 spiro atoms. The van der Waals surface area contributed by atoms with Crippen LogP contribution < -0.4 is 14.8 Å². The average Bonchev–Trinajstić information content (AvgIpc) is 3.11. The van der Waals surface area contributed by atoms with Crippen molar-refractivity contribution in [1.29, 1.82) is 0 Å². The summed E-state index contributed by atoms with van der Waals surface area (Å²) in [5.74, 6) is 1.34. The maximum absolute atomic E-state index is 12.8. The van der Waals surface area contributed by atoms with Crippen molar-refractivity contribution in [2.45, 2.75) is 12.5 Å². The van der Waals surface area contributed by atoms with Crippen molar-refractivity contribution in [3.05, 3.63) is 23.8 Å². The van der Waals surface area contributed by atoms with Crippen molar-refractivity contribution in [3.63, 3.8) is 0 Å². The second-order valence-corrected chi connectivity index (χ2v) is 6.08. The Morgan fingerprint density at radius 1 is 1.08 bits per heavy atom. The largest absolute Gasteiger partial charge is 0.497 e. The first-order valence-electron chi connectivity index (χ1n) is 8.18. The summed E-state index contributed by atoms with van der Waals surface area (Å²) in [5, 5.41) is 3.37. The minimum Gasteiger partial charge on any atom is -0.497 e. The van der Waals surface area contributed by atoms with Crippen LogP contribution in [0.4, 0.5) is 0 Å². The third-order valence-electron chi connectivity index (χ3n) is 4.72. The van der Waals surface area contributed by atoms with E-state index < -0.39 is 0 Å². The molecule has 6 nitrogen and oxygen atoms in total. The van der Waals surface area contributed by atoms with Gasteiger partial charge >= 0.3 is 0 Å². The molecule has 2 aliphatic heterocycles. The Balaban J connectivity index is 0.00000208. The van der Waals surface area contributed by atoms with Gasteiger partial charge in [0.25, 0.3) is 5.91 Å². The van der Waals surface area contributed by atoms with Crippen LogP contribution in [0.25, 0.3) is 0 Å². The van der Waals surface area contributed by atoms with Crippen molar-refractivity contribution in [2.24, 2.45) is 0 Å². The molecule has 1 atom stereocenters. The van der Waals surface area contributed by atoms with Crippen LogP contribution in [0.1, 0.15) is 16.8 Å². The van der Waals surface area contributed by atoms with Gasteiger partial charge < -0.3 is 19.7 Å². The van der Waals surface area contributed by atoms with E-state index in [0.717, 1.165) is 45.7 Å². The number of nitrogens with one attached hydrogen (secondary N) is 1. The molecule has 0 aliphatic carbocycles. The quantitative estimate of drug-likeness (QED) is 0.880. The molecule has 2 saturated heterocycles. The number of halogens is 1. The molecule has 2 fully saturated rings. The Labute approximate surface area is 149 Å². The van der Waals surface area contributed by atoms with Crippen LogP contribution in [-0.4, -0.2) is 75.2 Å². The smallest absolute Gasteiger partial charge is 0.254 e. The molecule has 2 heterocycles. The molecule has 1 N–H and O–H groups in total. The van der Waals surface area contributed by atoms with E-state index in [1.54, 1.807) is 32.4 Å². The first kappa shape index (κ1) is 18.8. The van der Waals surface area contributed by atoms with Gasteiger partial charge in [0, 0.05) is 56.9 Å². The molecule has 3 rings (SSSR count). The lowest BCUT2D eigenvalue weighted by Crippen LogP contribution is -2.49. The molecular formula is C17H26ClN3O3. The average molecular weight is 356 g/mol. The lowest BCUT2D eigenvalue weighted by molar-refractivity contribution is 0.0772. The Hall–Kier alpha value is -1.50. The third kappa shape index (κ3) is 4.12. The molecule has 1 aromatic rings. The number of likely N-dealkylation sites (tertiary alicyclic amines) is 1. The van der Waals surface area contributed by atoms with Gasteiger partial charge in [-0.1, -0.05) is 0 Å². The first-order valence-corrected chi connectivity index (χ1v) is 8.18. The number of methoxy groups -OCH3 is 2. The number of ether oxygens (including phenoxy) is 2. The van der Waals surface area contributed by atoms with Gasteiger partial charge in [0.05, 0.1) is 14.2 Å². The van der Waals surface area contributed by atoms with E-state index in [1.807, 2.05) is 4.90 Å². The van der Waals surface area contributed by atoms with Crippen molar-refractivity contribution >= 4 is 18.3 Å². The van der Waals surface area contributed by atoms with Crippen LogP contribution in [0.15, 0.2) is 18.2 Å². The number of piperazine rings is 1. The van der Waals surface area contributed by atoms with Gasteiger partial charge in [0.1, 0.15) is 11.5 Å². The summed E-state index contributed by atoms with van der Waals surface area (Å²) in [5.41, 5.74) is 0.627. The Kier molecular flexibility index (Phi) is 6.71. The van der Waals surface area contributed by atoms with E-state index in [4.69, 9.17) is 9.47 Å². The Morgan fingerprint density at radius 2 is 1.71 bits per heavy atom. The van der Waals surface area contributed by atoms with E-state index in [9.17, 15) is 4.79 Å². The maximum Gasteiger partial charge on any atom is 0.254 e. The topological polar surface area (TPSA) is 54.0 Å². The van der Waals surface area contributed by atoms with E-state index in [0.29, 0.717) is 23.1 Å². The number of carbonyl (C=O) groups is 1. The zero-order valence-corrected chi connectivity index (χ0v) is 15.1. The number of carbonyl (C=O) groups excluding carboxylic acids is 1. The lowest BCUT2D eigenvalue weighted by Gasteiger charge is -2.32. The summed E-state index contributed by atoms with van der Waals surface area (Å²) in [7, 11) is 3.19. The van der Waals surface area contributed by atoms with Crippen LogP contribution >= 0.6 is 12.4 Å². The second kappa shape index (κ2) is 8.55. The highest BCUT2D eigenvalue weighted by Gasteiger charge is 2.31. The lowest BCUT2D eigenvalue weighted by atomic mass is 10.1. The fraction of sp³-hybridized carbons (Fsp3) is 0.588. The molecular weight excluding hydrogens is 330 g/mol. The molecule has 0 bridgehead atoms. The molecule has 2 aliphatic rings. The summed E-state index contributed by atoms with van der Waals surface area (Å²) in [6.45, 7) is 5.83. The zero-order chi connectivity index (χ0) is 16.2. The predicted octanol–water partition coefficient (Wildman–Crippen LogP) is 1.25. The number of nitrogens with zero attached hydrogens (tertiary/aromatic N) is 2. The van der Waals surface area contributed by atoms with Crippen LogP contribution in [0.3, 0.4) is 0 Å². The van der Waals surface area contributed by atoms with Crippen molar-refractivity contribution in [3.8, 4) is 11.5 Å². The SMILES string of the molecule is COc1cc(OC)cc(C(=O)N2CCC(N3CCNCC3)C2)c1.Cl. The fourth-order valence-electron chi connectivity index (χ4n) is 3.39. The number of hydrogen-bond acceptors (Lipinski definition) is 5. The van der Waals surface area contributed by atoms with Crippen LogP contribution in [0.5, 0.6) is 11.5 Å². The van der Waals surface area contributed by atoms with Gasteiger partial charge in [-0.25, -0.2) is 0 Å². The maximum atomic E-state index is 12.8. The van der Waals surface area contributed by atoms with E-state index >= 15 is 0 Å². The third-order valence-corrected chi connectivity index (χ3v) is 4.72. The van der Waals surface area contributed by atoms with Crippen molar-refractivity contribution in [2.75, 3.05) is 53.5 Å². The first-order chi connectivity index (χ1) is 11.2. The van der Waals surface area contributed by atoms with Gasteiger partial charge in [-0.2, -0.15) is 0 Å². The standard InChI is InChI=1S/C17H25N3O3.ClH/c1-22-15-9-13(10-16(11-15)23-2)17(21)20-6-3-14(12-20)19-7-4-18-5-8-19;/h9-11,14,18H,3-8,12H2,1-2H3;1H. The molecule has 24 heavy (non-hydrogen) atoms. The minimum absolute atomic E-state index is 0. The van der Waals surface area contributed by atoms with Gasteiger partial charge in [0.15, 0.2) is 0 Å². The normalized spacial score (nSPS) is 21.2. The van der Waals surface area contributed by atoms with Crippen LogP contribution in [0, 0.1) is 0 Å². The summed E-state index contributed by atoms with van der Waals surface area (Å²) in [6.07, 6.45) is 1.05. The number of rotatable bonds is 4. The van der Waals surface area contributed by atoms with Crippen molar-refractivity contribution in [1.82, 2.24) is 15.1 Å². The van der Waals surface area contributed by atoms with E-state index in [-0.39, 0.29) is 18.3 Å². The van der Waals surface area contributed by atoms with Gasteiger partial charge in [-0.15, -0.1) is 12.4 Å². The summed E-state index contributed by atoms with van der Waals surface area (Å²) >= 11 is 0. The van der Waals surface area contributed by atoms with Gasteiger partial charge in [0.2, 0.25) is 0 Å². The highest BCUT2D eigenvalue weighted by Crippen LogP contribution is 2.25. The Bertz CT molecular complexity index is 542. The molecule has 0 radical (unpaired) electrons. The summed E-state index contributed by atoms with van der Waals surface area (Å²) in [6, 6.07) is 5.82. The molecule has 0 saturated carbocycles. The van der Waals surface area contributed by atoms with Gasteiger partial charge in [-0.05, 0) is 18.6 Å². The number of hydrogen-bond donors (Lipinski definition) is 1. The second-order valence-electron chi connectivity index (χ2n) is 6.08. The predicted molar refractivity (Wildman–Crippen MR) is 95.5 cm³/mol. The minimum atomic E-state index is 0. The molecule has 0 aromatic heterocycles. The molecule has 1 unspecified atom stereocenters. The van der Waals surface area contributed by atoms with E-state index in [2.05, 4.69) is 10.2 Å². The highest BCUT2D eigenvalue weighted by atomic mass is 35.5. The van der Waals surface area contributed by atoms with E-state index in [1.165, 1.54) is 0 Å². The molecule has 7 heteroatoms. The fourth-order valence-corrected chi connectivity index (χ4v) is 3.39. The molecule has 1 amide bonds. The number of amides is 1. The molecule has 1 aromatic carbocycles.